The second-order valence-corrected chi connectivity index (χ2v) is 8.67. The highest BCUT2D eigenvalue weighted by molar-refractivity contribution is 7.18. The highest BCUT2D eigenvalue weighted by Crippen LogP contribution is 2.20. The molecule has 0 radical (unpaired) electrons. The van der Waals surface area contributed by atoms with Gasteiger partial charge in [-0.1, -0.05) is 24.3 Å². The fraction of sp³-hybridized carbons (Fsp3) is 0.364. The number of benzene rings is 2. The molecular formula is C22H28N4O2S+2. The zero-order valence-electron chi connectivity index (χ0n) is 16.7. The number of carbonyl (C=O) groups is 1. The van der Waals surface area contributed by atoms with Crippen molar-refractivity contribution < 1.29 is 19.3 Å². The number of quaternary nitrogens is 2. The summed E-state index contributed by atoms with van der Waals surface area (Å²) in [6.07, 6.45) is 0. The van der Waals surface area contributed by atoms with Gasteiger partial charge >= 0.3 is 0 Å². The molecule has 29 heavy (non-hydrogen) atoms. The Morgan fingerprint density at radius 2 is 1.90 bits per heavy atom. The predicted octanol–water partition coefficient (Wildman–Crippen LogP) is -0.0953. The van der Waals surface area contributed by atoms with E-state index >= 15 is 0 Å². The molecule has 152 valence electrons. The third-order valence-corrected chi connectivity index (χ3v) is 6.47. The first-order valence-electron chi connectivity index (χ1n) is 10.1. The van der Waals surface area contributed by atoms with E-state index in [1.807, 2.05) is 30.3 Å². The lowest BCUT2D eigenvalue weighted by Crippen LogP contribution is -3.28. The highest BCUT2D eigenvalue weighted by Gasteiger charge is 2.25. The zero-order valence-corrected chi connectivity index (χ0v) is 17.6. The Bertz CT molecular complexity index is 933. The number of piperazine rings is 1. The fourth-order valence-corrected chi connectivity index (χ4v) is 4.83. The van der Waals surface area contributed by atoms with Gasteiger partial charge in [-0.15, -0.1) is 11.3 Å². The summed E-state index contributed by atoms with van der Waals surface area (Å²) in [7, 11) is 1.65. The number of carbonyl (C=O) groups excluding carboxylic acids is 1. The fourth-order valence-electron chi connectivity index (χ4n) is 3.79. The summed E-state index contributed by atoms with van der Waals surface area (Å²) in [5.74, 6) is 0.923. The molecule has 1 amide bonds. The third-order valence-electron chi connectivity index (χ3n) is 5.44. The third kappa shape index (κ3) is 5.32. The van der Waals surface area contributed by atoms with Crippen LogP contribution in [0.3, 0.4) is 0 Å². The SMILES string of the molecule is COc1cccc(CNC(=O)C[NH+]2CC[NH+](Cc3nc4ccccc4s3)CC2)c1. The van der Waals surface area contributed by atoms with E-state index < -0.39 is 0 Å². The Morgan fingerprint density at radius 3 is 2.69 bits per heavy atom. The second-order valence-electron chi connectivity index (χ2n) is 7.56. The summed E-state index contributed by atoms with van der Waals surface area (Å²) in [5.41, 5.74) is 2.15. The number of amides is 1. The number of aromatic nitrogens is 1. The molecule has 1 aromatic heterocycles. The molecule has 6 nitrogen and oxygen atoms in total. The normalized spacial score (nSPS) is 19.2. The minimum Gasteiger partial charge on any atom is -0.497 e. The van der Waals surface area contributed by atoms with Crippen LogP contribution in [0.4, 0.5) is 0 Å². The molecule has 3 aromatic rings. The quantitative estimate of drug-likeness (QED) is 0.508. The van der Waals surface area contributed by atoms with Crippen LogP contribution < -0.4 is 19.9 Å². The maximum absolute atomic E-state index is 12.3. The first-order chi connectivity index (χ1) is 14.2. The van der Waals surface area contributed by atoms with Crippen molar-refractivity contribution in [3.8, 4) is 5.75 Å². The Morgan fingerprint density at radius 1 is 1.10 bits per heavy atom. The Balaban J connectivity index is 1.20. The van der Waals surface area contributed by atoms with Gasteiger partial charge in [0.05, 0.1) is 17.3 Å². The van der Waals surface area contributed by atoms with Crippen molar-refractivity contribution in [3.05, 3.63) is 59.1 Å². The summed E-state index contributed by atoms with van der Waals surface area (Å²) in [4.78, 5) is 20.0. The number of ether oxygens (including phenoxy) is 1. The Hall–Kier alpha value is -2.48. The first-order valence-corrected chi connectivity index (χ1v) is 10.9. The van der Waals surface area contributed by atoms with Crippen LogP contribution in [-0.4, -0.2) is 50.7 Å². The summed E-state index contributed by atoms with van der Waals surface area (Å²) >= 11 is 1.80. The van der Waals surface area contributed by atoms with Gasteiger partial charge in [0, 0.05) is 6.54 Å². The van der Waals surface area contributed by atoms with Crippen molar-refractivity contribution in [2.24, 2.45) is 0 Å². The van der Waals surface area contributed by atoms with Crippen LogP contribution in [0.2, 0.25) is 0 Å². The number of fused-ring (bicyclic) bond motifs is 1. The molecule has 1 fully saturated rings. The van der Waals surface area contributed by atoms with Crippen LogP contribution in [-0.2, 0) is 17.9 Å². The summed E-state index contributed by atoms with van der Waals surface area (Å²) in [5, 5.41) is 4.24. The first kappa shape index (κ1) is 19.8. The molecule has 0 unspecified atom stereocenters. The number of methoxy groups -OCH3 is 1. The van der Waals surface area contributed by atoms with Crippen LogP contribution >= 0.6 is 11.3 Å². The van der Waals surface area contributed by atoms with Gasteiger partial charge in [-0.2, -0.15) is 0 Å². The highest BCUT2D eigenvalue weighted by atomic mass is 32.1. The maximum atomic E-state index is 12.3. The van der Waals surface area contributed by atoms with Crippen LogP contribution in [0.5, 0.6) is 5.75 Å². The van der Waals surface area contributed by atoms with Crippen LogP contribution in [0.15, 0.2) is 48.5 Å². The van der Waals surface area contributed by atoms with Crippen LogP contribution in [0.1, 0.15) is 10.6 Å². The van der Waals surface area contributed by atoms with Gasteiger partial charge in [0.2, 0.25) is 0 Å². The number of nitrogens with zero attached hydrogens (tertiary/aromatic N) is 1. The molecule has 1 saturated heterocycles. The van der Waals surface area contributed by atoms with Gasteiger partial charge in [0.15, 0.2) is 6.54 Å². The van der Waals surface area contributed by atoms with E-state index in [0.29, 0.717) is 13.1 Å². The van der Waals surface area contributed by atoms with E-state index in [1.165, 1.54) is 14.6 Å². The molecule has 2 aromatic carbocycles. The molecule has 0 saturated carbocycles. The smallest absolute Gasteiger partial charge is 0.275 e. The van der Waals surface area contributed by atoms with Crippen molar-refractivity contribution >= 4 is 27.5 Å². The summed E-state index contributed by atoms with van der Waals surface area (Å²) in [6, 6.07) is 16.1. The van der Waals surface area contributed by atoms with Gasteiger partial charge < -0.3 is 19.9 Å². The number of thiazole rings is 1. The molecule has 0 spiro atoms. The van der Waals surface area contributed by atoms with Gasteiger partial charge in [-0.05, 0) is 29.8 Å². The molecule has 4 rings (SSSR count). The van der Waals surface area contributed by atoms with Crippen molar-refractivity contribution in [2.75, 3.05) is 39.8 Å². The molecule has 0 bridgehead atoms. The molecule has 2 heterocycles. The lowest BCUT2D eigenvalue weighted by molar-refractivity contribution is -1.02. The standard InChI is InChI=1S/C22H26N4O2S/c1-28-18-6-4-5-17(13-18)14-23-21(27)15-25-9-11-26(12-10-25)16-22-24-19-7-2-3-8-20(19)29-22/h2-8,13H,9-12,14-16H2,1H3,(H,23,27)/p+2. The molecule has 7 heteroatoms. The average Bonchev–Trinajstić information content (AvgIpc) is 3.16. The van der Waals surface area contributed by atoms with Crippen molar-refractivity contribution in [1.82, 2.24) is 10.3 Å². The Labute approximate surface area is 175 Å². The number of hydrogen-bond acceptors (Lipinski definition) is 4. The van der Waals surface area contributed by atoms with E-state index in [4.69, 9.17) is 9.72 Å². The van der Waals surface area contributed by atoms with Gasteiger partial charge in [-0.25, -0.2) is 4.98 Å². The number of para-hydroxylation sites is 1. The van der Waals surface area contributed by atoms with E-state index in [1.54, 1.807) is 23.3 Å². The monoisotopic (exact) mass is 412 g/mol. The number of hydrogen-bond donors (Lipinski definition) is 3. The molecule has 1 aliphatic heterocycles. The van der Waals surface area contributed by atoms with E-state index in [-0.39, 0.29) is 5.91 Å². The minimum atomic E-state index is 0.109. The van der Waals surface area contributed by atoms with Crippen LogP contribution in [0.25, 0.3) is 10.2 Å². The van der Waals surface area contributed by atoms with Crippen LogP contribution in [0, 0.1) is 0 Å². The largest absolute Gasteiger partial charge is 0.497 e. The number of nitrogens with one attached hydrogen (secondary N) is 3. The molecule has 1 aliphatic rings. The predicted molar refractivity (Wildman–Crippen MR) is 114 cm³/mol. The van der Waals surface area contributed by atoms with Gasteiger partial charge in [-0.3, -0.25) is 4.79 Å². The van der Waals surface area contributed by atoms with E-state index in [2.05, 4.69) is 23.5 Å². The maximum Gasteiger partial charge on any atom is 0.275 e. The average molecular weight is 413 g/mol. The summed E-state index contributed by atoms with van der Waals surface area (Å²) < 4.78 is 6.49. The molecule has 0 atom stereocenters. The molecular weight excluding hydrogens is 384 g/mol. The lowest BCUT2D eigenvalue weighted by Gasteiger charge is -2.28. The minimum absolute atomic E-state index is 0.109. The van der Waals surface area contributed by atoms with Crippen molar-refractivity contribution in [2.45, 2.75) is 13.1 Å². The topological polar surface area (TPSA) is 60.1 Å². The lowest BCUT2D eigenvalue weighted by atomic mass is 10.2. The summed E-state index contributed by atoms with van der Waals surface area (Å²) in [6.45, 7) is 6.26. The van der Waals surface area contributed by atoms with Crippen molar-refractivity contribution in [1.29, 1.82) is 0 Å². The molecule has 0 aliphatic carbocycles. The Kier molecular flexibility index (Phi) is 6.39. The number of rotatable bonds is 7. The van der Waals surface area contributed by atoms with E-state index in [0.717, 1.165) is 49.6 Å². The molecule has 3 N–H and O–H groups in total. The van der Waals surface area contributed by atoms with Crippen molar-refractivity contribution in [3.63, 3.8) is 0 Å². The van der Waals surface area contributed by atoms with E-state index in [9.17, 15) is 4.79 Å². The van der Waals surface area contributed by atoms with Gasteiger partial charge in [0.25, 0.3) is 5.91 Å². The zero-order chi connectivity index (χ0) is 20.1. The second kappa shape index (κ2) is 9.35. The van der Waals surface area contributed by atoms with Gasteiger partial charge in [0.1, 0.15) is 43.5 Å².